The first-order valence-electron chi connectivity index (χ1n) is 5.62. The van der Waals surface area contributed by atoms with E-state index in [-0.39, 0.29) is 11.9 Å². The molecule has 1 aliphatic rings. The first-order valence-corrected chi connectivity index (χ1v) is 5.62. The number of nitrogens with zero attached hydrogens (tertiary/aromatic N) is 4. The van der Waals surface area contributed by atoms with Crippen LogP contribution in [-0.2, 0) is 13.5 Å². The summed E-state index contributed by atoms with van der Waals surface area (Å²) in [6, 6.07) is 4.50. The SMILES string of the molecule is Cn1nnc(C[C@H]2COc3cc(F)ccc3N2)n1. The lowest BCUT2D eigenvalue weighted by Gasteiger charge is -2.26. The number of hydrogen-bond acceptors (Lipinski definition) is 5. The summed E-state index contributed by atoms with van der Waals surface area (Å²) in [6.45, 7) is 0.453. The van der Waals surface area contributed by atoms with Crippen LogP contribution in [0.5, 0.6) is 5.75 Å². The summed E-state index contributed by atoms with van der Waals surface area (Å²) in [6.07, 6.45) is 0.616. The molecule has 1 aromatic heterocycles. The third-order valence-corrected chi connectivity index (χ3v) is 2.72. The standard InChI is InChI=1S/C11H12FN5O/c1-17-15-11(14-16-17)5-8-6-18-10-4-7(12)2-3-9(10)13-8/h2-4,8,13H,5-6H2,1H3/t8-/m0/s1. The highest BCUT2D eigenvalue weighted by molar-refractivity contribution is 5.58. The molecule has 0 fully saturated rings. The minimum Gasteiger partial charge on any atom is -0.489 e. The fraction of sp³-hybridized carbons (Fsp3) is 0.364. The van der Waals surface area contributed by atoms with Crippen molar-refractivity contribution in [3.63, 3.8) is 0 Å². The van der Waals surface area contributed by atoms with E-state index in [4.69, 9.17) is 4.74 Å². The Hall–Kier alpha value is -2.18. The van der Waals surface area contributed by atoms with Crippen molar-refractivity contribution in [3.8, 4) is 5.75 Å². The zero-order chi connectivity index (χ0) is 12.5. The topological polar surface area (TPSA) is 64.9 Å². The van der Waals surface area contributed by atoms with E-state index >= 15 is 0 Å². The molecule has 0 bridgehead atoms. The third-order valence-electron chi connectivity index (χ3n) is 2.72. The number of rotatable bonds is 2. The van der Waals surface area contributed by atoms with Gasteiger partial charge in [-0.1, -0.05) is 0 Å². The Labute approximate surface area is 103 Å². The highest BCUT2D eigenvalue weighted by Gasteiger charge is 2.21. The van der Waals surface area contributed by atoms with E-state index < -0.39 is 0 Å². The molecular formula is C11H12FN5O. The first-order chi connectivity index (χ1) is 8.70. The van der Waals surface area contributed by atoms with Gasteiger partial charge in [0, 0.05) is 12.5 Å². The summed E-state index contributed by atoms with van der Waals surface area (Å²) in [5.41, 5.74) is 0.788. The Bertz CT molecular complexity index is 570. The molecule has 6 nitrogen and oxygen atoms in total. The Balaban J connectivity index is 1.73. The quantitative estimate of drug-likeness (QED) is 0.851. The molecule has 0 saturated heterocycles. The lowest BCUT2D eigenvalue weighted by molar-refractivity contribution is 0.281. The number of halogens is 1. The van der Waals surface area contributed by atoms with E-state index in [1.165, 1.54) is 16.9 Å². The zero-order valence-corrected chi connectivity index (χ0v) is 9.80. The van der Waals surface area contributed by atoms with Gasteiger partial charge in [0.2, 0.25) is 0 Å². The van der Waals surface area contributed by atoms with Gasteiger partial charge in [0.25, 0.3) is 0 Å². The number of nitrogens with one attached hydrogen (secondary N) is 1. The minimum absolute atomic E-state index is 0.0622. The molecule has 0 radical (unpaired) electrons. The van der Waals surface area contributed by atoms with E-state index in [1.807, 2.05) is 0 Å². The normalized spacial score (nSPS) is 17.8. The van der Waals surface area contributed by atoms with Gasteiger partial charge in [-0.3, -0.25) is 0 Å². The van der Waals surface area contributed by atoms with Crippen LogP contribution in [-0.4, -0.2) is 32.9 Å². The molecule has 1 aliphatic heterocycles. The lowest BCUT2D eigenvalue weighted by atomic mass is 10.1. The second-order valence-electron chi connectivity index (χ2n) is 4.19. The van der Waals surface area contributed by atoms with Crippen LogP contribution < -0.4 is 10.1 Å². The number of anilines is 1. The summed E-state index contributed by atoms with van der Waals surface area (Å²) in [5, 5.41) is 15.1. The average Bonchev–Trinajstić information content (AvgIpc) is 2.75. The maximum atomic E-state index is 13.0. The Kier molecular flexibility index (Phi) is 2.58. The molecule has 1 N–H and O–H groups in total. The van der Waals surface area contributed by atoms with Crippen molar-refractivity contribution < 1.29 is 9.13 Å². The zero-order valence-electron chi connectivity index (χ0n) is 9.80. The fourth-order valence-electron chi connectivity index (χ4n) is 1.92. The van der Waals surface area contributed by atoms with Crippen LogP contribution in [0.15, 0.2) is 18.2 Å². The van der Waals surface area contributed by atoms with Crippen LogP contribution >= 0.6 is 0 Å². The lowest BCUT2D eigenvalue weighted by Crippen LogP contribution is -2.33. The van der Waals surface area contributed by atoms with Crippen molar-refractivity contribution in [2.45, 2.75) is 12.5 Å². The molecule has 0 spiro atoms. The van der Waals surface area contributed by atoms with Gasteiger partial charge in [-0.05, 0) is 17.3 Å². The van der Waals surface area contributed by atoms with Gasteiger partial charge >= 0.3 is 0 Å². The predicted molar refractivity (Wildman–Crippen MR) is 61.8 cm³/mol. The maximum Gasteiger partial charge on any atom is 0.176 e. The number of benzene rings is 1. The number of tetrazole rings is 1. The maximum absolute atomic E-state index is 13.0. The molecule has 2 aromatic rings. The number of aromatic nitrogens is 4. The molecule has 1 atom stereocenters. The number of ether oxygens (including phenoxy) is 1. The molecule has 1 aromatic carbocycles. The molecule has 0 unspecified atom stereocenters. The van der Waals surface area contributed by atoms with E-state index in [1.54, 1.807) is 13.1 Å². The van der Waals surface area contributed by atoms with Gasteiger partial charge in [0.1, 0.15) is 18.2 Å². The molecule has 0 amide bonds. The minimum atomic E-state index is -0.301. The van der Waals surface area contributed by atoms with Gasteiger partial charge in [-0.2, -0.15) is 4.80 Å². The van der Waals surface area contributed by atoms with E-state index in [2.05, 4.69) is 20.7 Å². The van der Waals surface area contributed by atoms with E-state index in [0.717, 1.165) is 5.69 Å². The molecule has 18 heavy (non-hydrogen) atoms. The van der Waals surface area contributed by atoms with Gasteiger partial charge in [-0.25, -0.2) is 4.39 Å². The fourth-order valence-corrected chi connectivity index (χ4v) is 1.92. The molecule has 94 valence electrons. The van der Waals surface area contributed by atoms with E-state index in [0.29, 0.717) is 24.6 Å². The smallest absolute Gasteiger partial charge is 0.176 e. The largest absolute Gasteiger partial charge is 0.489 e. The molecule has 2 heterocycles. The van der Waals surface area contributed by atoms with Crippen molar-refractivity contribution >= 4 is 5.69 Å². The van der Waals surface area contributed by atoms with Crippen molar-refractivity contribution in [1.29, 1.82) is 0 Å². The first kappa shape index (κ1) is 10.9. The van der Waals surface area contributed by atoms with Crippen LogP contribution in [0.25, 0.3) is 0 Å². The van der Waals surface area contributed by atoms with Crippen LogP contribution in [0.2, 0.25) is 0 Å². The van der Waals surface area contributed by atoms with Crippen LogP contribution in [0.1, 0.15) is 5.82 Å². The Morgan fingerprint density at radius 1 is 1.56 bits per heavy atom. The highest BCUT2D eigenvalue weighted by Crippen LogP contribution is 2.29. The second kappa shape index (κ2) is 4.25. The van der Waals surface area contributed by atoms with Crippen molar-refractivity contribution in [1.82, 2.24) is 20.2 Å². The van der Waals surface area contributed by atoms with Gasteiger partial charge < -0.3 is 10.1 Å². The molecule has 7 heteroatoms. The second-order valence-corrected chi connectivity index (χ2v) is 4.19. The van der Waals surface area contributed by atoms with Crippen molar-refractivity contribution in [3.05, 3.63) is 29.8 Å². The van der Waals surface area contributed by atoms with Crippen LogP contribution in [0.3, 0.4) is 0 Å². The summed E-state index contributed by atoms with van der Waals surface area (Å²) >= 11 is 0. The molecule has 3 rings (SSSR count). The van der Waals surface area contributed by atoms with Crippen LogP contribution in [0, 0.1) is 5.82 Å². The predicted octanol–water partition coefficient (Wildman–Crippen LogP) is 0.765. The summed E-state index contributed by atoms with van der Waals surface area (Å²) in [5.74, 6) is 0.895. The average molecular weight is 249 g/mol. The highest BCUT2D eigenvalue weighted by atomic mass is 19.1. The Morgan fingerprint density at radius 2 is 2.44 bits per heavy atom. The van der Waals surface area contributed by atoms with Gasteiger partial charge in [-0.15, -0.1) is 10.2 Å². The Morgan fingerprint density at radius 3 is 3.22 bits per heavy atom. The van der Waals surface area contributed by atoms with Gasteiger partial charge in [0.05, 0.1) is 18.8 Å². The molecule has 0 aliphatic carbocycles. The molecular weight excluding hydrogens is 237 g/mol. The number of fused-ring (bicyclic) bond motifs is 1. The van der Waals surface area contributed by atoms with Crippen LogP contribution in [0.4, 0.5) is 10.1 Å². The summed E-state index contributed by atoms with van der Waals surface area (Å²) in [7, 11) is 1.72. The van der Waals surface area contributed by atoms with Gasteiger partial charge in [0.15, 0.2) is 5.82 Å². The molecule has 0 saturated carbocycles. The monoisotopic (exact) mass is 249 g/mol. The van der Waals surface area contributed by atoms with Crippen molar-refractivity contribution in [2.24, 2.45) is 7.05 Å². The van der Waals surface area contributed by atoms with Crippen molar-refractivity contribution in [2.75, 3.05) is 11.9 Å². The summed E-state index contributed by atoms with van der Waals surface area (Å²) in [4.78, 5) is 1.42. The third kappa shape index (κ3) is 2.11. The number of hydrogen-bond donors (Lipinski definition) is 1. The summed E-state index contributed by atoms with van der Waals surface area (Å²) < 4.78 is 18.5. The number of aryl methyl sites for hydroxylation is 1. The van der Waals surface area contributed by atoms with E-state index in [9.17, 15) is 4.39 Å².